The Labute approximate surface area is 155 Å². The molecular weight excluding hydrogens is 348 g/mol. The fraction of sp³-hybridized carbons (Fsp3) is 0.211. The molecule has 0 unspecified atom stereocenters. The number of likely N-dealkylation sites (N-methyl/N-ethyl adjacent to an activating group) is 1. The van der Waals surface area contributed by atoms with Gasteiger partial charge in [0.1, 0.15) is 5.01 Å². The van der Waals surface area contributed by atoms with Gasteiger partial charge in [-0.3, -0.25) is 14.5 Å². The third kappa shape index (κ3) is 4.87. The van der Waals surface area contributed by atoms with Crippen LogP contribution in [0, 0.1) is 0 Å². The zero-order valence-electron chi connectivity index (χ0n) is 14.7. The van der Waals surface area contributed by atoms with E-state index in [1.54, 1.807) is 35.6 Å². The first kappa shape index (κ1) is 18.0. The van der Waals surface area contributed by atoms with E-state index in [0.717, 1.165) is 15.2 Å². The molecule has 2 aromatic carbocycles. The van der Waals surface area contributed by atoms with Crippen molar-refractivity contribution in [3.05, 3.63) is 53.5 Å². The highest BCUT2D eigenvalue weighted by Crippen LogP contribution is 2.22. The Morgan fingerprint density at radius 1 is 1.04 bits per heavy atom. The predicted molar refractivity (Wildman–Crippen MR) is 105 cm³/mol. The van der Waals surface area contributed by atoms with Gasteiger partial charge in [-0.25, -0.2) is 4.98 Å². The minimum atomic E-state index is -0.127. The first-order chi connectivity index (χ1) is 12.5. The number of amides is 2. The number of hydrogen-bond donors (Lipinski definition) is 2. The van der Waals surface area contributed by atoms with E-state index in [4.69, 9.17) is 0 Å². The molecule has 0 saturated heterocycles. The summed E-state index contributed by atoms with van der Waals surface area (Å²) in [5.74, 6) is -0.223. The van der Waals surface area contributed by atoms with Gasteiger partial charge in [-0.2, -0.15) is 0 Å². The fourth-order valence-electron chi connectivity index (χ4n) is 2.56. The van der Waals surface area contributed by atoms with Crippen LogP contribution in [0.4, 0.5) is 11.4 Å². The third-order valence-corrected chi connectivity index (χ3v) is 4.67. The van der Waals surface area contributed by atoms with Gasteiger partial charge in [0.15, 0.2) is 0 Å². The second kappa shape index (κ2) is 8.07. The summed E-state index contributed by atoms with van der Waals surface area (Å²) >= 11 is 1.64. The van der Waals surface area contributed by atoms with Gasteiger partial charge in [0.25, 0.3) is 0 Å². The Balaban J connectivity index is 1.53. The molecule has 0 saturated carbocycles. The molecule has 6 nitrogen and oxygen atoms in total. The van der Waals surface area contributed by atoms with E-state index in [9.17, 15) is 9.59 Å². The average molecular weight is 368 g/mol. The van der Waals surface area contributed by atoms with E-state index in [0.29, 0.717) is 17.9 Å². The molecule has 3 rings (SSSR count). The zero-order valence-corrected chi connectivity index (χ0v) is 15.5. The van der Waals surface area contributed by atoms with Crippen LogP contribution in [0.1, 0.15) is 11.9 Å². The second-order valence-corrected chi connectivity index (χ2v) is 7.17. The zero-order chi connectivity index (χ0) is 18.5. The summed E-state index contributed by atoms with van der Waals surface area (Å²) in [5, 5.41) is 6.53. The van der Waals surface area contributed by atoms with E-state index < -0.39 is 0 Å². The molecule has 2 amide bonds. The Morgan fingerprint density at radius 3 is 2.35 bits per heavy atom. The van der Waals surface area contributed by atoms with E-state index in [1.165, 1.54) is 6.92 Å². The standard InChI is InChI=1S/C19H20N4O2S/c1-13(24)20-14-7-9-15(10-8-14)21-18(25)11-23(2)12-19-22-16-5-3-4-6-17(16)26-19/h3-10H,11-12H2,1-2H3,(H,20,24)(H,21,25). The SMILES string of the molecule is CC(=O)Nc1ccc(NC(=O)CN(C)Cc2nc3ccccc3s2)cc1. The minimum Gasteiger partial charge on any atom is -0.326 e. The number of carbonyl (C=O) groups excluding carboxylic acids is 2. The molecule has 1 aromatic heterocycles. The number of anilines is 2. The Bertz CT molecular complexity index is 888. The molecule has 0 fully saturated rings. The van der Waals surface area contributed by atoms with Crippen molar-refractivity contribution in [2.45, 2.75) is 13.5 Å². The van der Waals surface area contributed by atoms with Crippen LogP contribution in [-0.4, -0.2) is 35.3 Å². The van der Waals surface area contributed by atoms with E-state index in [-0.39, 0.29) is 18.4 Å². The van der Waals surface area contributed by atoms with Gasteiger partial charge in [-0.1, -0.05) is 12.1 Å². The van der Waals surface area contributed by atoms with Crippen LogP contribution in [-0.2, 0) is 16.1 Å². The molecule has 134 valence electrons. The van der Waals surface area contributed by atoms with Crippen LogP contribution < -0.4 is 10.6 Å². The van der Waals surface area contributed by atoms with Crippen LogP contribution >= 0.6 is 11.3 Å². The molecular formula is C19H20N4O2S. The molecule has 0 aliphatic carbocycles. The fourth-order valence-corrected chi connectivity index (χ4v) is 3.61. The summed E-state index contributed by atoms with van der Waals surface area (Å²) in [5.41, 5.74) is 2.38. The molecule has 0 aliphatic rings. The third-order valence-electron chi connectivity index (χ3n) is 3.65. The molecule has 3 aromatic rings. The van der Waals surface area contributed by atoms with Crippen molar-refractivity contribution in [2.75, 3.05) is 24.2 Å². The molecule has 26 heavy (non-hydrogen) atoms. The number of hydrogen-bond acceptors (Lipinski definition) is 5. The van der Waals surface area contributed by atoms with Crippen LogP contribution in [0.3, 0.4) is 0 Å². The molecule has 0 aliphatic heterocycles. The molecule has 0 bridgehead atoms. The van der Waals surface area contributed by atoms with Gasteiger partial charge < -0.3 is 10.6 Å². The van der Waals surface area contributed by atoms with E-state index in [2.05, 4.69) is 15.6 Å². The maximum atomic E-state index is 12.2. The Morgan fingerprint density at radius 2 is 1.69 bits per heavy atom. The van der Waals surface area contributed by atoms with E-state index in [1.807, 2.05) is 36.2 Å². The molecule has 0 radical (unpaired) electrons. The average Bonchev–Trinajstić information content (AvgIpc) is 2.98. The number of fused-ring (bicyclic) bond motifs is 1. The highest BCUT2D eigenvalue weighted by molar-refractivity contribution is 7.18. The monoisotopic (exact) mass is 368 g/mol. The second-order valence-electron chi connectivity index (χ2n) is 6.05. The van der Waals surface area contributed by atoms with Gasteiger partial charge in [-0.05, 0) is 43.4 Å². The lowest BCUT2D eigenvalue weighted by Gasteiger charge is -2.15. The van der Waals surface area contributed by atoms with Crippen molar-refractivity contribution in [1.82, 2.24) is 9.88 Å². The normalized spacial score (nSPS) is 10.9. The highest BCUT2D eigenvalue weighted by Gasteiger charge is 2.10. The smallest absolute Gasteiger partial charge is 0.238 e. The Kier molecular flexibility index (Phi) is 5.60. The maximum Gasteiger partial charge on any atom is 0.238 e. The van der Waals surface area contributed by atoms with Crippen LogP contribution in [0.25, 0.3) is 10.2 Å². The lowest BCUT2D eigenvalue weighted by atomic mass is 10.2. The van der Waals surface area contributed by atoms with Gasteiger partial charge in [0, 0.05) is 18.3 Å². The first-order valence-electron chi connectivity index (χ1n) is 8.20. The van der Waals surface area contributed by atoms with Crippen molar-refractivity contribution in [2.24, 2.45) is 0 Å². The minimum absolute atomic E-state index is 0.0964. The van der Waals surface area contributed by atoms with Crippen molar-refractivity contribution < 1.29 is 9.59 Å². The largest absolute Gasteiger partial charge is 0.326 e. The number of thiazole rings is 1. The summed E-state index contributed by atoms with van der Waals surface area (Å²) in [4.78, 5) is 29.7. The number of benzene rings is 2. The summed E-state index contributed by atoms with van der Waals surface area (Å²) in [6.07, 6.45) is 0. The van der Waals surface area contributed by atoms with Gasteiger partial charge in [-0.15, -0.1) is 11.3 Å². The number of rotatable bonds is 6. The molecule has 0 atom stereocenters. The van der Waals surface area contributed by atoms with Crippen molar-refractivity contribution in [1.29, 1.82) is 0 Å². The molecule has 2 N–H and O–H groups in total. The van der Waals surface area contributed by atoms with Crippen LogP contribution in [0.15, 0.2) is 48.5 Å². The number of nitrogens with zero attached hydrogens (tertiary/aromatic N) is 2. The topological polar surface area (TPSA) is 74.3 Å². The molecule has 1 heterocycles. The van der Waals surface area contributed by atoms with Crippen LogP contribution in [0.2, 0.25) is 0 Å². The lowest BCUT2D eigenvalue weighted by molar-refractivity contribution is -0.117. The Hall–Kier alpha value is -2.77. The first-order valence-corrected chi connectivity index (χ1v) is 9.02. The summed E-state index contributed by atoms with van der Waals surface area (Å²) in [6, 6.07) is 15.0. The quantitative estimate of drug-likeness (QED) is 0.700. The molecule has 7 heteroatoms. The van der Waals surface area contributed by atoms with Crippen molar-refractivity contribution >= 4 is 44.7 Å². The highest BCUT2D eigenvalue weighted by atomic mass is 32.1. The van der Waals surface area contributed by atoms with Gasteiger partial charge in [0.2, 0.25) is 11.8 Å². The lowest BCUT2D eigenvalue weighted by Crippen LogP contribution is -2.29. The summed E-state index contributed by atoms with van der Waals surface area (Å²) in [7, 11) is 1.89. The van der Waals surface area contributed by atoms with E-state index >= 15 is 0 Å². The number of nitrogens with one attached hydrogen (secondary N) is 2. The number of aromatic nitrogens is 1. The van der Waals surface area contributed by atoms with Gasteiger partial charge >= 0.3 is 0 Å². The number of carbonyl (C=O) groups is 2. The van der Waals surface area contributed by atoms with Crippen LogP contribution in [0.5, 0.6) is 0 Å². The van der Waals surface area contributed by atoms with Crippen molar-refractivity contribution in [3.8, 4) is 0 Å². The number of para-hydroxylation sites is 1. The van der Waals surface area contributed by atoms with Gasteiger partial charge in [0.05, 0.1) is 23.3 Å². The van der Waals surface area contributed by atoms with Crippen molar-refractivity contribution in [3.63, 3.8) is 0 Å². The maximum absolute atomic E-state index is 12.2. The molecule has 0 spiro atoms. The summed E-state index contributed by atoms with van der Waals surface area (Å²) in [6.45, 7) is 2.34. The predicted octanol–water partition coefficient (Wildman–Crippen LogP) is 3.33. The summed E-state index contributed by atoms with van der Waals surface area (Å²) < 4.78 is 1.15.